The smallest absolute Gasteiger partial charge is 0.307 e. The number of carbonyl (C=O) groups is 1. The number of hydrogen-bond donors (Lipinski definition) is 1. The summed E-state index contributed by atoms with van der Waals surface area (Å²) < 4.78 is 25.4. The molecule has 0 aromatic heterocycles. The fourth-order valence-corrected chi connectivity index (χ4v) is 4.04. The van der Waals surface area contributed by atoms with Gasteiger partial charge in [-0.05, 0) is 34.9 Å². The summed E-state index contributed by atoms with van der Waals surface area (Å²) in [5, 5.41) is 8.83. The van der Waals surface area contributed by atoms with Crippen molar-refractivity contribution in [3.63, 3.8) is 0 Å². The van der Waals surface area contributed by atoms with Crippen molar-refractivity contribution < 1.29 is 18.3 Å². The van der Waals surface area contributed by atoms with Gasteiger partial charge < -0.3 is 5.11 Å². The molecule has 0 spiro atoms. The van der Waals surface area contributed by atoms with Gasteiger partial charge in [0.2, 0.25) is 9.84 Å². The number of sulfone groups is 1. The monoisotopic (exact) mass is 300 g/mol. The number of benzene rings is 2. The van der Waals surface area contributed by atoms with E-state index >= 15 is 0 Å². The fraction of sp³-hybridized carbons (Fsp3) is 0.0625. The van der Waals surface area contributed by atoms with E-state index < -0.39 is 15.8 Å². The SMILES string of the molecule is O=C(O)Cc1ccc2c(c1)C=Cc1ccccc1S2(=O)=O. The summed E-state index contributed by atoms with van der Waals surface area (Å²) in [5.74, 6) is -0.946. The maximum absolute atomic E-state index is 12.7. The standard InChI is InChI=1S/C16H12O4S/c17-16(18)10-11-5-8-15-13(9-11)7-6-12-3-1-2-4-14(12)21(15,19)20/h1-9H,10H2,(H,17,18). The summed E-state index contributed by atoms with van der Waals surface area (Å²) in [6, 6.07) is 11.4. The third-order valence-corrected chi connectivity index (χ3v) is 5.27. The quantitative estimate of drug-likeness (QED) is 0.789. The molecule has 0 bridgehead atoms. The summed E-state index contributed by atoms with van der Waals surface area (Å²) in [7, 11) is -3.59. The molecule has 3 rings (SSSR count). The molecule has 21 heavy (non-hydrogen) atoms. The first-order chi connectivity index (χ1) is 9.98. The number of hydrogen-bond acceptors (Lipinski definition) is 3. The van der Waals surface area contributed by atoms with Crippen LogP contribution in [0.1, 0.15) is 16.7 Å². The molecule has 0 aliphatic carbocycles. The lowest BCUT2D eigenvalue weighted by molar-refractivity contribution is -0.136. The Morgan fingerprint density at radius 3 is 2.38 bits per heavy atom. The molecule has 106 valence electrons. The molecule has 0 fully saturated rings. The molecular weight excluding hydrogens is 288 g/mol. The topological polar surface area (TPSA) is 71.4 Å². The Kier molecular flexibility index (Phi) is 3.14. The van der Waals surface area contributed by atoms with E-state index in [4.69, 9.17) is 5.11 Å². The van der Waals surface area contributed by atoms with Crippen LogP contribution in [0.5, 0.6) is 0 Å². The van der Waals surface area contributed by atoms with Gasteiger partial charge in [0.25, 0.3) is 0 Å². The zero-order valence-corrected chi connectivity index (χ0v) is 11.8. The molecule has 0 atom stereocenters. The molecule has 1 aliphatic heterocycles. The van der Waals surface area contributed by atoms with E-state index in [9.17, 15) is 13.2 Å². The minimum atomic E-state index is -3.59. The Labute approximate surface area is 122 Å². The first-order valence-corrected chi connectivity index (χ1v) is 7.84. The van der Waals surface area contributed by atoms with Crippen LogP contribution in [0, 0.1) is 0 Å². The summed E-state index contributed by atoms with van der Waals surface area (Å²) >= 11 is 0. The second-order valence-corrected chi connectivity index (χ2v) is 6.70. The van der Waals surface area contributed by atoms with Crippen molar-refractivity contribution in [3.05, 3.63) is 59.2 Å². The molecule has 0 radical (unpaired) electrons. The van der Waals surface area contributed by atoms with Gasteiger partial charge in [0.05, 0.1) is 16.2 Å². The van der Waals surface area contributed by atoms with Crippen LogP contribution in [0.25, 0.3) is 12.2 Å². The lowest BCUT2D eigenvalue weighted by Crippen LogP contribution is -2.06. The predicted octanol–water partition coefficient (Wildman–Crippen LogP) is 2.63. The predicted molar refractivity (Wildman–Crippen MR) is 78.6 cm³/mol. The van der Waals surface area contributed by atoms with Gasteiger partial charge in [-0.3, -0.25) is 4.79 Å². The highest BCUT2D eigenvalue weighted by Gasteiger charge is 2.25. The van der Waals surface area contributed by atoms with Gasteiger partial charge in [-0.25, -0.2) is 8.42 Å². The molecule has 1 aliphatic rings. The molecule has 1 heterocycles. The van der Waals surface area contributed by atoms with Crippen molar-refractivity contribution in [2.45, 2.75) is 16.2 Å². The third-order valence-electron chi connectivity index (χ3n) is 3.37. The van der Waals surface area contributed by atoms with Crippen molar-refractivity contribution in [2.75, 3.05) is 0 Å². The average Bonchev–Trinajstić information content (AvgIpc) is 2.54. The zero-order chi connectivity index (χ0) is 15.0. The third kappa shape index (κ3) is 2.36. The second kappa shape index (κ2) is 4.86. The number of fused-ring (bicyclic) bond motifs is 2. The highest BCUT2D eigenvalue weighted by atomic mass is 32.2. The van der Waals surface area contributed by atoms with Gasteiger partial charge >= 0.3 is 5.97 Å². The van der Waals surface area contributed by atoms with Crippen LogP contribution in [-0.2, 0) is 21.1 Å². The number of aliphatic carboxylic acids is 1. The van der Waals surface area contributed by atoms with E-state index in [-0.39, 0.29) is 16.2 Å². The lowest BCUT2D eigenvalue weighted by atomic mass is 10.1. The lowest BCUT2D eigenvalue weighted by Gasteiger charge is -2.09. The van der Waals surface area contributed by atoms with Gasteiger partial charge in [-0.2, -0.15) is 0 Å². The summed E-state index contributed by atoms with van der Waals surface area (Å²) in [6.07, 6.45) is 3.32. The van der Waals surface area contributed by atoms with E-state index in [0.717, 1.165) is 0 Å². The molecule has 2 aromatic carbocycles. The molecule has 4 nitrogen and oxygen atoms in total. The van der Waals surface area contributed by atoms with Crippen molar-refractivity contribution in [1.82, 2.24) is 0 Å². The first kappa shape index (κ1) is 13.6. The molecule has 0 saturated carbocycles. The van der Waals surface area contributed by atoms with E-state index in [2.05, 4.69) is 0 Å². The van der Waals surface area contributed by atoms with Crippen LogP contribution >= 0.6 is 0 Å². The van der Waals surface area contributed by atoms with E-state index in [1.807, 2.05) is 0 Å². The Balaban J connectivity index is 2.22. The van der Waals surface area contributed by atoms with Gasteiger partial charge in [-0.1, -0.05) is 36.4 Å². The Morgan fingerprint density at radius 2 is 1.62 bits per heavy atom. The second-order valence-electron chi connectivity index (χ2n) is 4.82. The normalized spacial score (nSPS) is 14.9. The molecule has 0 amide bonds. The molecule has 2 aromatic rings. The molecule has 0 saturated heterocycles. The Bertz CT molecular complexity index is 864. The maximum Gasteiger partial charge on any atom is 0.307 e. The summed E-state index contributed by atoms with van der Waals surface area (Å²) in [4.78, 5) is 11.3. The van der Waals surface area contributed by atoms with Crippen LogP contribution in [0.2, 0.25) is 0 Å². The van der Waals surface area contributed by atoms with Gasteiger partial charge in [0.1, 0.15) is 0 Å². The Morgan fingerprint density at radius 1 is 0.952 bits per heavy atom. The maximum atomic E-state index is 12.7. The van der Waals surface area contributed by atoms with Crippen LogP contribution in [0.3, 0.4) is 0 Å². The van der Waals surface area contributed by atoms with Crippen LogP contribution in [-0.4, -0.2) is 19.5 Å². The highest BCUT2D eigenvalue weighted by molar-refractivity contribution is 7.91. The van der Waals surface area contributed by atoms with Gasteiger partial charge in [-0.15, -0.1) is 0 Å². The van der Waals surface area contributed by atoms with E-state index in [1.54, 1.807) is 48.6 Å². The summed E-state index contributed by atoms with van der Waals surface area (Å²) in [6.45, 7) is 0. The fourth-order valence-electron chi connectivity index (χ4n) is 2.42. The van der Waals surface area contributed by atoms with Crippen LogP contribution in [0.4, 0.5) is 0 Å². The highest BCUT2D eigenvalue weighted by Crippen LogP contribution is 2.32. The number of carboxylic acid groups (broad SMARTS) is 1. The number of carboxylic acids is 1. The first-order valence-electron chi connectivity index (χ1n) is 6.35. The van der Waals surface area contributed by atoms with Crippen molar-refractivity contribution in [3.8, 4) is 0 Å². The molecule has 0 unspecified atom stereocenters. The molecular formula is C16H12O4S. The van der Waals surface area contributed by atoms with Crippen LogP contribution < -0.4 is 0 Å². The van der Waals surface area contributed by atoms with Gasteiger partial charge in [0, 0.05) is 0 Å². The summed E-state index contributed by atoms with van der Waals surface area (Å²) in [5.41, 5.74) is 1.73. The van der Waals surface area contributed by atoms with Crippen molar-refractivity contribution in [1.29, 1.82) is 0 Å². The van der Waals surface area contributed by atoms with Crippen molar-refractivity contribution >= 4 is 28.0 Å². The van der Waals surface area contributed by atoms with Crippen LogP contribution in [0.15, 0.2) is 52.3 Å². The van der Waals surface area contributed by atoms with Gasteiger partial charge in [0.15, 0.2) is 0 Å². The Hall–Kier alpha value is -2.40. The largest absolute Gasteiger partial charge is 0.481 e. The minimum Gasteiger partial charge on any atom is -0.481 e. The molecule has 5 heteroatoms. The van der Waals surface area contributed by atoms with Crippen molar-refractivity contribution in [2.24, 2.45) is 0 Å². The zero-order valence-electron chi connectivity index (χ0n) is 11.0. The van der Waals surface area contributed by atoms with E-state index in [0.29, 0.717) is 16.7 Å². The number of rotatable bonds is 2. The molecule has 1 N–H and O–H groups in total. The average molecular weight is 300 g/mol. The van der Waals surface area contributed by atoms with E-state index in [1.165, 1.54) is 6.07 Å². The minimum absolute atomic E-state index is 0.131.